The fourth-order valence-corrected chi connectivity index (χ4v) is 0.806. The van der Waals surface area contributed by atoms with Gasteiger partial charge in [-0.2, -0.15) is 4.39 Å². The summed E-state index contributed by atoms with van der Waals surface area (Å²) in [4.78, 5) is 0. The molecule has 0 aromatic carbocycles. The highest BCUT2D eigenvalue weighted by molar-refractivity contribution is 5.60. The molecule has 0 amide bonds. The Kier molecular flexibility index (Phi) is 3.53. The number of halogens is 3. The first kappa shape index (κ1) is 11.3. The standard InChI is InChI=1S/C7H9F3N4O/c1-12-7-3(11)2-4(13-14-7)15-6(10)5(8)9/h2,5-6H,1H3,(H2,11,13)(H,12,14). The lowest BCUT2D eigenvalue weighted by Gasteiger charge is -2.10. The van der Waals surface area contributed by atoms with Crippen LogP contribution in [-0.2, 0) is 0 Å². The maximum atomic E-state index is 12.4. The Morgan fingerprint density at radius 2 is 2.07 bits per heavy atom. The summed E-state index contributed by atoms with van der Waals surface area (Å²) in [6.07, 6.45) is -5.98. The maximum Gasteiger partial charge on any atom is 0.304 e. The van der Waals surface area contributed by atoms with E-state index in [0.29, 0.717) is 0 Å². The third-order valence-electron chi connectivity index (χ3n) is 1.47. The van der Waals surface area contributed by atoms with Crippen molar-refractivity contribution in [3.8, 4) is 5.88 Å². The van der Waals surface area contributed by atoms with Crippen LogP contribution in [-0.4, -0.2) is 30.0 Å². The average molecular weight is 222 g/mol. The molecular weight excluding hydrogens is 213 g/mol. The third kappa shape index (κ3) is 2.86. The molecule has 1 atom stereocenters. The van der Waals surface area contributed by atoms with Gasteiger partial charge in [-0.1, -0.05) is 0 Å². The number of hydrogen-bond donors (Lipinski definition) is 2. The normalized spacial score (nSPS) is 12.6. The van der Waals surface area contributed by atoms with Crippen molar-refractivity contribution in [3.63, 3.8) is 0 Å². The first-order chi connectivity index (χ1) is 7.04. The Hall–Kier alpha value is -1.73. The lowest BCUT2D eigenvalue weighted by atomic mass is 10.4. The highest BCUT2D eigenvalue weighted by Crippen LogP contribution is 2.20. The van der Waals surface area contributed by atoms with Crippen LogP contribution in [0.1, 0.15) is 0 Å². The van der Waals surface area contributed by atoms with Crippen molar-refractivity contribution in [2.24, 2.45) is 0 Å². The molecule has 84 valence electrons. The number of anilines is 2. The van der Waals surface area contributed by atoms with Crippen LogP contribution in [0.25, 0.3) is 0 Å². The van der Waals surface area contributed by atoms with E-state index in [9.17, 15) is 13.2 Å². The quantitative estimate of drug-likeness (QED) is 0.796. The largest absolute Gasteiger partial charge is 0.436 e. The van der Waals surface area contributed by atoms with E-state index in [4.69, 9.17) is 5.73 Å². The first-order valence-corrected chi connectivity index (χ1v) is 3.94. The number of hydrogen-bond acceptors (Lipinski definition) is 5. The van der Waals surface area contributed by atoms with Crippen molar-refractivity contribution >= 4 is 11.5 Å². The van der Waals surface area contributed by atoms with Crippen LogP contribution in [0.4, 0.5) is 24.7 Å². The lowest BCUT2D eigenvalue weighted by Crippen LogP contribution is -2.20. The molecule has 0 aliphatic rings. The second-order valence-corrected chi connectivity index (χ2v) is 2.54. The monoisotopic (exact) mass is 222 g/mol. The molecule has 0 fully saturated rings. The highest BCUT2D eigenvalue weighted by atomic mass is 19.3. The second-order valence-electron chi connectivity index (χ2n) is 2.54. The minimum atomic E-state index is -3.24. The fourth-order valence-electron chi connectivity index (χ4n) is 0.806. The molecule has 1 aromatic heterocycles. The van der Waals surface area contributed by atoms with E-state index < -0.39 is 12.8 Å². The smallest absolute Gasteiger partial charge is 0.304 e. The predicted octanol–water partition coefficient (Wildman–Crippen LogP) is 1.04. The maximum absolute atomic E-state index is 12.4. The Labute approximate surface area is 83.4 Å². The van der Waals surface area contributed by atoms with Gasteiger partial charge in [0.05, 0.1) is 5.69 Å². The Morgan fingerprint density at radius 1 is 1.40 bits per heavy atom. The van der Waals surface area contributed by atoms with Gasteiger partial charge in [-0.3, -0.25) is 0 Å². The molecule has 1 heterocycles. The molecule has 1 aromatic rings. The number of ether oxygens (including phenoxy) is 1. The number of aromatic nitrogens is 2. The summed E-state index contributed by atoms with van der Waals surface area (Å²) >= 11 is 0. The third-order valence-corrected chi connectivity index (χ3v) is 1.47. The molecular formula is C7H9F3N4O. The molecule has 0 saturated carbocycles. The fraction of sp³-hybridized carbons (Fsp3) is 0.429. The van der Waals surface area contributed by atoms with E-state index >= 15 is 0 Å². The molecule has 15 heavy (non-hydrogen) atoms. The summed E-state index contributed by atoms with van der Waals surface area (Å²) in [5.41, 5.74) is 5.56. The van der Waals surface area contributed by atoms with E-state index in [1.54, 1.807) is 7.05 Å². The van der Waals surface area contributed by atoms with Gasteiger partial charge in [-0.15, -0.1) is 10.2 Å². The zero-order valence-electron chi connectivity index (χ0n) is 7.75. The second kappa shape index (κ2) is 4.67. The predicted molar refractivity (Wildman–Crippen MR) is 47.5 cm³/mol. The molecule has 0 spiro atoms. The first-order valence-electron chi connectivity index (χ1n) is 3.94. The molecule has 0 radical (unpaired) electrons. The van der Waals surface area contributed by atoms with Crippen LogP contribution in [0.2, 0.25) is 0 Å². The van der Waals surface area contributed by atoms with E-state index in [1.165, 1.54) is 0 Å². The SMILES string of the molecule is CNc1nnc(OC(F)C(F)F)cc1N. The zero-order valence-corrected chi connectivity index (χ0v) is 7.75. The average Bonchev–Trinajstić information content (AvgIpc) is 2.18. The number of nitrogens with zero attached hydrogens (tertiary/aromatic N) is 2. The summed E-state index contributed by atoms with van der Waals surface area (Å²) in [5, 5.41) is 9.43. The van der Waals surface area contributed by atoms with Crippen LogP contribution in [0.15, 0.2) is 6.07 Å². The summed E-state index contributed by atoms with van der Waals surface area (Å²) in [5.74, 6) is -0.130. The lowest BCUT2D eigenvalue weighted by molar-refractivity contribution is -0.0693. The Bertz CT molecular complexity index is 336. The molecule has 5 nitrogen and oxygen atoms in total. The van der Waals surface area contributed by atoms with E-state index in [1.807, 2.05) is 0 Å². The van der Waals surface area contributed by atoms with Gasteiger partial charge in [-0.25, -0.2) is 8.78 Å². The molecule has 1 rings (SSSR count). The van der Waals surface area contributed by atoms with Crippen LogP contribution < -0.4 is 15.8 Å². The molecule has 0 aliphatic heterocycles. The summed E-state index contributed by atoms with van der Waals surface area (Å²) in [6, 6.07) is 1.10. The topological polar surface area (TPSA) is 73.1 Å². The molecule has 0 bridgehead atoms. The van der Waals surface area contributed by atoms with Gasteiger partial charge in [0.2, 0.25) is 5.88 Å². The number of nitrogens with two attached hydrogens (primary N) is 1. The number of alkyl halides is 3. The van der Waals surface area contributed by atoms with Crippen LogP contribution in [0, 0.1) is 0 Å². The van der Waals surface area contributed by atoms with Crippen molar-refractivity contribution in [2.45, 2.75) is 12.8 Å². The van der Waals surface area contributed by atoms with Crippen LogP contribution >= 0.6 is 0 Å². The van der Waals surface area contributed by atoms with E-state index in [0.717, 1.165) is 6.07 Å². The minimum Gasteiger partial charge on any atom is -0.436 e. The molecule has 8 heteroatoms. The Morgan fingerprint density at radius 3 is 2.53 bits per heavy atom. The van der Waals surface area contributed by atoms with Crippen LogP contribution in [0.5, 0.6) is 5.88 Å². The van der Waals surface area contributed by atoms with Crippen molar-refractivity contribution in [3.05, 3.63) is 6.07 Å². The summed E-state index contributed by atoms with van der Waals surface area (Å²) in [7, 11) is 1.55. The molecule has 1 unspecified atom stereocenters. The number of nitrogen functional groups attached to an aromatic ring is 1. The van der Waals surface area contributed by atoms with Crippen molar-refractivity contribution in [1.29, 1.82) is 0 Å². The van der Waals surface area contributed by atoms with E-state index in [-0.39, 0.29) is 17.4 Å². The minimum absolute atomic E-state index is 0.129. The zero-order chi connectivity index (χ0) is 11.4. The van der Waals surface area contributed by atoms with Crippen LogP contribution in [0.3, 0.4) is 0 Å². The van der Waals surface area contributed by atoms with Gasteiger partial charge in [0.15, 0.2) is 5.82 Å². The van der Waals surface area contributed by atoms with Crippen molar-refractivity contribution < 1.29 is 17.9 Å². The summed E-state index contributed by atoms with van der Waals surface area (Å²) in [6.45, 7) is 0. The van der Waals surface area contributed by atoms with Gasteiger partial charge in [0, 0.05) is 13.1 Å². The number of nitrogens with one attached hydrogen (secondary N) is 1. The van der Waals surface area contributed by atoms with E-state index in [2.05, 4.69) is 20.3 Å². The van der Waals surface area contributed by atoms with Gasteiger partial charge in [-0.05, 0) is 0 Å². The highest BCUT2D eigenvalue weighted by Gasteiger charge is 2.21. The number of rotatable bonds is 4. The summed E-state index contributed by atoms with van der Waals surface area (Å²) < 4.78 is 40.1. The molecule has 0 saturated heterocycles. The van der Waals surface area contributed by atoms with Gasteiger partial charge >= 0.3 is 6.43 Å². The molecule has 0 aliphatic carbocycles. The Balaban J connectivity index is 2.75. The van der Waals surface area contributed by atoms with Crippen molar-refractivity contribution in [2.75, 3.05) is 18.1 Å². The van der Waals surface area contributed by atoms with Crippen molar-refractivity contribution in [1.82, 2.24) is 10.2 Å². The van der Waals surface area contributed by atoms with Gasteiger partial charge in [0.1, 0.15) is 0 Å². The van der Waals surface area contributed by atoms with Gasteiger partial charge < -0.3 is 15.8 Å². The molecule has 3 N–H and O–H groups in total. The van der Waals surface area contributed by atoms with Gasteiger partial charge in [0.25, 0.3) is 6.36 Å².